The SMILES string of the molecule is O=S(=O)(O)I.[Sb+3]. The Morgan fingerprint density at radius 2 is 1.50 bits per heavy atom. The Bertz CT molecular complexity index is 94.0. The topological polar surface area (TPSA) is 54.4 Å². The molecule has 0 aromatic rings. The molecule has 0 aliphatic heterocycles. The Hall–Kier alpha value is 1.46. The van der Waals surface area contributed by atoms with E-state index in [9.17, 15) is 8.42 Å². The van der Waals surface area contributed by atoms with E-state index in [1.807, 2.05) is 0 Å². The summed E-state index contributed by atoms with van der Waals surface area (Å²) in [5.74, 6) is 0. The third kappa shape index (κ3) is 51.0. The van der Waals surface area contributed by atoms with Crippen molar-refractivity contribution in [1.29, 1.82) is 0 Å². The van der Waals surface area contributed by atoms with Crippen molar-refractivity contribution in [2.45, 2.75) is 0 Å². The number of hydrogen-bond donors (Lipinski definition) is 1. The molecule has 0 atom stereocenters. The zero-order chi connectivity index (χ0) is 4.50. The summed E-state index contributed by atoms with van der Waals surface area (Å²) < 4.78 is 25.8. The fraction of sp³-hybridized carbons (Fsp3) is 0. The largest absolute Gasteiger partial charge is 3.00 e. The van der Waals surface area contributed by atoms with E-state index in [2.05, 4.69) is 0 Å². The molecule has 3 nitrogen and oxygen atoms in total. The molecule has 34 valence electrons. The van der Waals surface area contributed by atoms with Gasteiger partial charge in [0.25, 0.3) is 0 Å². The predicted octanol–water partition coefficient (Wildman–Crippen LogP) is -0.157. The monoisotopic (exact) mass is 329 g/mol. The Morgan fingerprint density at radius 3 is 1.50 bits per heavy atom. The molecular formula is HIO3SSb+3. The summed E-state index contributed by atoms with van der Waals surface area (Å²) in [6, 6.07) is 0. The summed E-state index contributed by atoms with van der Waals surface area (Å²) in [5.41, 5.74) is 0. The van der Waals surface area contributed by atoms with Crippen LogP contribution in [0.2, 0.25) is 0 Å². The zero-order valence-corrected chi connectivity index (χ0v) is 8.02. The van der Waals surface area contributed by atoms with Gasteiger partial charge in [-0.25, -0.2) is 0 Å². The average molecular weight is 330 g/mol. The van der Waals surface area contributed by atoms with E-state index in [4.69, 9.17) is 4.55 Å². The zero-order valence-electron chi connectivity index (χ0n) is 2.50. The van der Waals surface area contributed by atoms with Crippen molar-refractivity contribution in [3.8, 4) is 0 Å². The molecule has 0 heterocycles. The Balaban J connectivity index is 0. The maximum absolute atomic E-state index is 9.17. The minimum absolute atomic E-state index is 0. The fourth-order valence-corrected chi connectivity index (χ4v) is 0. The molecule has 1 N–H and O–H groups in total. The van der Waals surface area contributed by atoms with E-state index in [1.54, 1.807) is 0 Å². The first kappa shape index (κ1) is 10.4. The Kier molecular flexibility index (Phi) is 6.02. The quantitative estimate of drug-likeness (QED) is 0.291. The van der Waals surface area contributed by atoms with E-state index in [-0.39, 0.29) is 24.4 Å². The maximum atomic E-state index is 9.17. The second-order valence-electron chi connectivity index (χ2n) is 0.412. The van der Waals surface area contributed by atoms with Gasteiger partial charge in [-0.3, -0.25) is 4.55 Å². The summed E-state index contributed by atoms with van der Waals surface area (Å²) in [4.78, 5) is 0. The molecule has 0 unspecified atom stereocenters. The molecule has 6 heavy (non-hydrogen) atoms. The molecule has 0 aromatic heterocycles. The molecule has 0 amide bonds. The molecule has 0 spiro atoms. The van der Waals surface area contributed by atoms with E-state index >= 15 is 0 Å². The van der Waals surface area contributed by atoms with Gasteiger partial charge in [0.15, 0.2) is 0 Å². The molecule has 0 aliphatic rings. The van der Waals surface area contributed by atoms with Gasteiger partial charge in [0.1, 0.15) is 21.2 Å². The van der Waals surface area contributed by atoms with Crippen LogP contribution in [0.5, 0.6) is 0 Å². The van der Waals surface area contributed by atoms with Crippen molar-refractivity contribution in [2.24, 2.45) is 0 Å². The van der Waals surface area contributed by atoms with Crippen LogP contribution in [0.15, 0.2) is 0 Å². The van der Waals surface area contributed by atoms with Crippen LogP contribution >= 0.6 is 21.2 Å². The molecule has 0 bridgehead atoms. The molecule has 0 fully saturated rings. The van der Waals surface area contributed by atoms with Crippen LogP contribution in [0.25, 0.3) is 0 Å². The molecule has 0 rings (SSSR count). The second kappa shape index (κ2) is 3.46. The first-order valence-corrected chi connectivity index (χ1v) is 4.65. The standard InChI is InChI=1S/HIO3S.Sb/c1-5(2,3)4;/h(H,2,3,4);/q;+3. The third-order valence-electron chi connectivity index (χ3n) is 0. The molecule has 2 radical (unpaired) electrons. The molecule has 6 heteroatoms. The van der Waals surface area contributed by atoms with E-state index in [0.29, 0.717) is 0 Å². The number of hydrogen-bond acceptors (Lipinski definition) is 2. The summed E-state index contributed by atoms with van der Waals surface area (Å²) >= 11 is 0.905. The van der Waals surface area contributed by atoms with Crippen LogP contribution < -0.4 is 0 Å². The van der Waals surface area contributed by atoms with Gasteiger partial charge in [-0.15, -0.1) is 0 Å². The minimum atomic E-state index is -3.70. The number of halogens is 1. The van der Waals surface area contributed by atoms with Gasteiger partial charge in [-0.1, -0.05) is 0 Å². The van der Waals surface area contributed by atoms with Crippen LogP contribution in [0.4, 0.5) is 0 Å². The van der Waals surface area contributed by atoms with Crippen molar-refractivity contribution in [1.82, 2.24) is 0 Å². The van der Waals surface area contributed by atoms with Gasteiger partial charge in [0.05, 0.1) is 0 Å². The van der Waals surface area contributed by atoms with Crippen LogP contribution in [-0.2, 0) is 7.29 Å². The summed E-state index contributed by atoms with van der Waals surface area (Å²) in [7, 11) is -3.70. The average Bonchev–Trinajstić information content (AvgIpc) is 0.722. The maximum Gasteiger partial charge on any atom is 3.00 e. The van der Waals surface area contributed by atoms with E-state index in [0.717, 1.165) is 21.2 Å². The molecule has 0 saturated heterocycles. The van der Waals surface area contributed by atoms with E-state index in [1.165, 1.54) is 0 Å². The Morgan fingerprint density at radius 1 is 1.50 bits per heavy atom. The summed E-state index contributed by atoms with van der Waals surface area (Å²) in [6.07, 6.45) is 0. The van der Waals surface area contributed by atoms with E-state index < -0.39 is 7.29 Å². The van der Waals surface area contributed by atoms with Gasteiger partial charge in [0.2, 0.25) is 0 Å². The normalized spacial score (nSPS) is 9.67. The van der Waals surface area contributed by atoms with Gasteiger partial charge in [0, 0.05) is 0 Å². The van der Waals surface area contributed by atoms with Crippen molar-refractivity contribution >= 4 is 52.9 Å². The first-order chi connectivity index (χ1) is 2.00. The minimum Gasteiger partial charge on any atom is -0.278 e. The molecule has 0 saturated carbocycles. The van der Waals surface area contributed by atoms with Gasteiger partial charge in [-0.2, -0.15) is 8.42 Å². The van der Waals surface area contributed by atoms with Crippen LogP contribution in [0, 0.1) is 0 Å². The van der Waals surface area contributed by atoms with Gasteiger partial charge in [-0.05, 0) is 0 Å². The number of rotatable bonds is 0. The summed E-state index contributed by atoms with van der Waals surface area (Å²) in [6.45, 7) is 0. The molecule has 0 aromatic carbocycles. The molecular weight excluding hydrogens is 329 g/mol. The van der Waals surface area contributed by atoms with Gasteiger partial charge >= 0.3 is 31.7 Å². The predicted molar refractivity (Wildman–Crippen MR) is 31.3 cm³/mol. The van der Waals surface area contributed by atoms with Crippen molar-refractivity contribution in [3.05, 3.63) is 0 Å². The van der Waals surface area contributed by atoms with Gasteiger partial charge < -0.3 is 0 Å². The third-order valence-corrected chi connectivity index (χ3v) is 0. The second-order valence-corrected chi connectivity index (χ2v) is 4.58. The smallest absolute Gasteiger partial charge is 0.278 e. The van der Waals surface area contributed by atoms with Crippen LogP contribution in [0.3, 0.4) is 0 Å². The van der Waals surface area contributed by atoms with Crippen LogP contribution in [-0.4, -0.2) is 37.4 Å². The summed E-state index contributed by atoms with van der Waals surface area (Å²) in [5, 5.41) is 0. The van der Waals surface area contributed by atoms with Crippen molar-refractivity contribution in [2.75, 3.05) is 0 Å². The van der Waals surface area contributed by atoms with Crippen LogP contribution in [0.1, 0.15) is 0 Å². The fourth-order valence-electron chi connectivity index (χ4n) is 0. The molecule has 0 aliphatic carbocycles. The first-order valence-electron chi connectivity index (χ1n) is 0.670. The van der Waals surface area contributed by atoms with Crippen molar-refractivity contribution < 1.29 is 13.0 Å². The Labute approximate surface area is 65.3 Å². The van der Waals surface area contributed by atoms with Crippen molar-refractivity contribution in [3.63, 3.8) is 0 Å².